The molecule has 0 saturated carbocycles. The van der Waals surface area contributed by atoms with Gasteiger partial charge in [0.2, 0.25) is 0 Å². The highest BCUT2D eigenvalue weighted by Gasteiger charge is 2.53. The van der Waals surface area contributed by atoms with E-state index in [1.54, 1.807) is 5.38 Å². The second-order valence-corrected chi connectivity index (χ2v) is 11.9. The number of benzene rings is 3. The van der Waals surface area contributed by atoms with Crippen molar-refractivity contribution in [2.24, 2.45) is 5.16 Å². The number of carboxylic acid groups (broad SMARTS) is 1. The minimum absolute atomic E-state index is 0.0796. The van der Waals surface area contributed by atoms with Crippen LogP contribution >= 0.6 is 23.1 Å². The number of carbonyl (C=O) groups is 3. The van der Waals surface area contributed by atoms with E-state index in [0.29, 0.717) is 10.9 Å². The highest BCUT2D eigenvalue weighted by molar-refractivity contribution is 8.00. The number of fused-ring (bicyclic) bond motifs is 1. The third kappa shape index (κ3) is 5.22. The molecule has 1 unspecified atom stereocenters. The Kier molecular flexibility index (Phi) is 8.18. The van der Waals surface area contributed by atoms with E-state index in [2.05, 4.69) is 52.2 Å². The molecule has 2 atom stereocenters. The number of amides is 2. The van der Waals surface area contributed by atoms with Gasteiger partial charge in [-0.25, -0.2) is 9.78 Å². The van der Waals surface area contributed by atoms with Gasteiger partial charge in [-0.2, -0.15) is 0 Å². The number of nitrogens with one attached hydrogen (secondary N) is 2. The molecule has 0 spiro atoms. The number of thioether (sulfide) groups is 1. The Morgan fingerprint density at radius 1 is 0.977 bits per heavy atom. The molecule has 222 valence electrons. The third-order valence-electron chi connectivity index (χ3n) is 7.41. The van der Waals surface area contributed by atoms with E-state index in [1.807, 2.05) is 54.6 Å². The molecule has 2 aliphatic heterocycles. The topological polar surface area (TPSA) is 133 Å². The Morgan fingerprint density at radius 3 is 2.07 bits per heavy atom. The lowest BCUT2D eigenvalue weighted by atomic mass is 9.77. The zero-order valence-electron chi connectivity index (χ0n) is 23.4. The summed E-state index contributed by atoms with van der Waals surface area (Å²) in [5, 5.41) is 21.5. The van der Waals surface area contributed by atoms with Crippen molar-refractivity contribution in [2.75, 3.05) is 18.2 Å². The Bertz CT molecular complexity index is 1650. The summed E-state index contributed by atoms with van der Waals surface area (Å²) in [7, 11) is 1.32. The third-order valence-corrected chi connectivity index (χ3v) is 9.35. The fourth-order valence-corrected chi connectivity index (χ4v) is 7.37. The van der Waals surface area contributed by atoms with Crippen LogP contribution in [0.25, 0.3) is 0 Å². The first-order valence-electron chi connectivity index (χ1n) is 13.6. The van der Waals surface area contributed by atoms with Crippen LogP contribution in [0.4, 0.5) is 5.13 Å². The second-order valence-electron chi connectivity index (χ2n) is 9.91. The number of oxime groups is 1. The largest absolute Gasteiger partial charge is 0.477 e. The normalized spacial score (nSPS) is 18.0. The Morgan fingerprint density at radius 2 is 1.55 bits per heavy atom. The Balaban J connectivity index is 1.31. The predicted octanol–water partition coefficient (Wildman–Crippen LogP) is 4.27. The van der Waals surface area contributed by atoms with E-state index in [0.717, 1.165) is 16.7 Å². The van der Waals surface area contributed by atoms with Crippen LogP contribution in [-0.2, 0) is 24.8 Å². The summed E-state index contributed by atoms with van der Waals surface area (Å²) in [6.07, 6.45) is 1.49. The van der Waals surface area contributed by atoms with Crippen molar-refractivity contribution in [3.05, 3.63) is 131 Å². The first kappa shape index (κ1) is 29.1. The molecule has 44 heavy (non-hydrogen) atoms. The number of carboxylic acids is 1. The molecule has 0 bridgehead atoms. The van der Waals surface area contributed by atoms with Crippen molar-refractivity contribution in [1.29, 1.82) is 0 Å². The molecule has 10 nitrogen and oxygen atoms in total. The molecule has 4 aromatic rings. The lowest BCUT2D eigenvalue weighted by molar-refractivity contribution is -0.150. The molecule has 0 aliphatic carbocycles. The summed E-state index contributed by atoms with van der Waals surface area (Å²) in [4.78, 5) is 48.8. The van der Waals surface area contributed by atoms with Crippen LogP contribution in [0.5, 0.6) is 0 Å². The van der Waals surface area contributed by atoms with Crippen LogP contribution in [0.1, 0.15) is 22.4 Å². The number of hydrogen-bond acceptors (Lipinski definition) is 9. The van der Waals surface area contributed by atoms with Gasteiger partial charge in [0.1, 0.15) is 35.5 Å². The fourth-order valence-electron chi connectivity index (χ4n) is 5.42. The lowest BCUT2D eigenvalue weighted by Crippen LogP contribution is -2.70. The molecule has 1 aromatic heterocycles. The second kappa shape index (κ2) is 12.3. The summed E-state index contributed by atoms with van der Waals surface area (Å²) in [5.41, 5.74) is 2.22. The maximum atomic E-state index is 13.4. The van der Waals surface area contributed by atoms with Gasteiger partial charge in [0.15, 0.2) is 10.8 Å². The van der Waals surface area contributed by atoms with Gasteiger partial charge in [-0.3, -0.25) is 14.5 Å². The van der Waals surface area contributed by atoms with Crippen LogP contribution in [0.2, 0.25) is 0 Å². The molecule has 1 fully saturated rings. The van der Waals surface area contributed by atoms with Crippen molar-refractivity contribution in [2.45, 2.75) is 17.0 Å². The van der Waals surface area contributed by atoms with E-state index in [4.69, 9.17) is 9.82 Å². The van der Waals surface area contributed by atoms with E-state index in [-0.39, 0.29) is 17.1 Å². The number of rotatable bonds is 10. The van der Waals surface area contributed by atoms with Crippen molar-refractivity contribution < 1.29 is 24.3 Å². The van der Waals surface area contributed by atoms with E-state index >= 15 is 0 Å². The molecule has 2 aliphatic rings. The van der Waals surface area contributed by atoms with E-state index in [9.17, 15) is 19.5 Å². The molecule has 6 rings (SSSR count). The smallest absolute Gasteiger partial charge is 0.352 e. The highest BCUT2D eigenvalue weighted by atomic mass is 32.2. The van der Waals surface area contributed by atoms with Gasteiger partial charge < -0.3 is 20.6 Å². The van der Waals surface area contributed by atoms with Crippen LogP contribution in [0, 0.1) is 0 Å². The van der Waals surface area contributed by atoms with Crippen LogP contribution < -0.4 is 10.6 Å². The number of anilines is 1. The van der Waals surface area contributed by atoms with Gasteiger partial charge >= 0.3 is 5.97 Å². The fraction of sp³-hybridized carbons (Fsp3) is 0.156. The van der Waals surface area contributed by atoms with Crippen molar-refractivity contribution >= 4 is 51.7 Å². The number of thiazole rings is 1. The van der Waals surface area contributed by atoms with Crippen molar-refractivity contribution in [1.82, 2.24) is 15.2 Å². The maximum Gasteiger partial charge on any atom is 0.352 e. The molecule has 3 heterocycles. The SMILES string of the molecule is CON=C(C(=O)NC1C(=O)N2C(C(=O)O)=CCS[C@@H]12)c1csc(NC(c2ccccc2)(c2ccccc2)c2ccccc2)n1. The number of β-lactam (4-membered cyclic amide) rings is 1. The molecule has 3 aromatic carbocycles. The number of carbonyl (C=O) groups excluding carboxylic acids is 2. The number of aliphatic carboxylic acids is 1. The molecule has 1 saturated heterocycles. The average molecular weight is 626 g/mol. The summed E-state index contributed by atoms with van der Waals surface area (Å²) in [6, 6.07) is 29.3. The van der Waals surface area contributed by atoms with E-state index in [1.165, 1.54) is 41.2 Å². The number of aromatic nitrogens is 1. The summed E-state index contributed by atoms with van der Waals surface area (Å²) in [6.45, 7) is 0. The average Bonchev–Trinajstić information content (AvgIpc) is 3.53. The predicted molar refractivity (Wildman–Crippen MR) is 169 cm³/mol. The van der Waals surface area contributed by atoms with Gasteiger partial charge in [0, 0.05) is 11.1 Å². The lowest BCUT2D eigenvalue weighted by Gasteiger charge is -2.48. The Labute approximate surface area is 261 Å². The Hall–Kier alpha value is -4.94. The first-order chi connectivity index (χ1) is 21.4. The van der Waals surface area contributed by atoms with E-state index < -0.39 is 34.7 Å². The van der Waals surface area contributed by atoms with Crippen LogP contribution in [-0.4, -0.2) is 62.8 Å². The quantitative estimate of drug-likeness (QED) is 0.103. The monoisotopic (exact) mass is 625 g/mol. The summed E-state index contributed by atoms with van der Waals surface area (Å²) >= 11 is 2.67. The number of hydrogen-bond donors (Lipinski definition) is 3. The molecular weight excluding hydrogens is 599 g/mol. The van der Waals surface area contributed by atoms with Gasteiger partial charge in [0.25, 0.3) is 11.8 Å². The van der Waals surface area contributed by atoms with Crippen molar-refractivity contribution in [3.8, 4) is 0 Å². The zero-order valence-corrected chi connectivity index (χ0v) is 25.0. The van der Waals surface area contributed by atoms with Gasteiger partial charge in [-0.1, -0.05) is 96.2 Å². The number of nitrogens with zero attached hydrogens (tertiary/aromatic N) is 3. The molecule has 2 amide bonds. The van der Waals surface area contributed by atoms with Crippen molar-refractivity contribution in [3.63, 3.8) is 0 Å². The molecular formula is C32H27N5O5S2. The summed E-state index contributed by atoms with van der Waals surface area (Å²) < 4.78 is 0. The van der Waals surface area contributed by atoms with Gasteiger partial charge in [-0.05, 0) is 22.8 Å². The van der Waals surface area contributed by atoms with Crippen LogP contribution in [0.15, 0.2) is 113 Å². The first-order valence-corrected chi connectivity index (χ1v) is 15.6. The molecule has 0 radical (unpaired) electrons. The summed E-state index contributed by atoms with van der Waals surface area (Å²) in [5.74, 6) is -1.93. The minimum atomic E-state index is -1.19. The minimum Gasteiger partial charge on any atom is -0.477 e. The van der Waals surface area contributed by atoms with Crippen LogP contribution in [0.3, 0.4) is 0 Å². The zero-order chi connectivity index (χ0) is 30.7. The molecule has 12 heteroatoms. The van der Waals surface area contributed by atoms with Gasteiger partial charge in [0.05, 0.1) is 0 Å². The molecule has 3 N–H and O–H groups in total. The van der Waals surface area contributed by atoms with Gasteiger partial charge in [-0.15, -0.1) is 23.1 Å². The maximum absolute atomic E-state index is 13.4. The highest BCUT2D eigenvalue weighted by Crippen LogP contribution is 2.41. The standard InChI is InChI=1S/C32H27N5O5S2/c1-42-36-25(27(38)34-26-28(39)37-24(30(40)41)17-18-43-29(26)37)23-19-44-31(33-23)35-32(20-11-5-2-6-12-20,21-13-7-3-8-14-21)22-15-9-4-10-16-22/h2-17,19,26,29H,18H2,1H3,(H,33,35)(H,34,38)(H,40,41)/t26?,29-/m0/s1.